The monoisotopic (exact) mass is 1090 g/mol. The van der Waals surface area contributed by atoms with Crippen molar-refractivity contribution in [2.24, 2.45) is 11.5 Å². The molecule has 410 valence electrons. The van der Waals surface area contributed by atoms with Crippen LogP contribution in [0.25, 0.3) is 10.9 Å². The number of amides is 9. The second kappa shape index (κ2) is 30.7. The minimum atomic E-state index is -1.42. The van der Waals surface area contributed by atoms with Crippen LogP contribution in [0, 0.1) is 5.41 Å². The quantitative estimate of drug-likeness (QED) is 0.0276. The van der Waals surface area contributed by atoms with Crippen molar-refractivity contribution in [2.45, 2.75) is 120 Å². The van der Waals surface area contributed by atoms with Gasteiger partial charge in [0.05, 0.1) is 12.0 Å². The Bertz CT molecular complexity index is 2620. The van der Waals surface area contributed by atoms with Crippen LogP contribution in [0.2, 0.25) is 0 Å². The number of fused-ring (bicyclic) bond motifs is 1. The van der Waals surface area contributed by atoms with Crippen LogP contribution in [0.5, 0.6) is 0 Å². The average molecular weight is 1090 g/mol. The van der Waals surface area contributed by atoms with Crippen LogP contribution in [0.15, 0.2) is 73.3 Å². The molecular weight excluding hydrogens is 1020 g/mol. The number of H-pyrrole nitrogens is 2. The van der Waals surface area contributed by atoms with Gasteiger partial charge in [0, 0.05) is 80.5 Å². The van der Waals surface area contributed by atoms with E-state index in [4.69, 9.17) is 16.9 Å². The van der Waals surface area contributed by atoms with Crippen molar-refractivity contribution in [3.8, 4) is 0 Å². The predicted molar refractivity (Wildman–Crippen MR) is 289 cm³/mol. The highest BCUT2D eigenvalue weighted by Gasteiger charge is 2.35. The maximum Gasteiger partial charge on any atom is 0.244 e. The molecule has 1 aliphatic rings. The van der Waals surface area contributed by atoms with Crippen LogP contribution in [0.1, 0.15) is 75.6 Å². The minimum absolute atomic E-state index is 0.00631. The van der Waals surface area contributed by atoms with Gasteiger partial charge in [-0.3, -0.25) is 48.6 Å². The Morgan fingerprint density at radius 2 is 1.43 bits per heavy atom. The van der Waals surface area contributed by atoms with Gasteiger partial charge in [0.15, 0.2) is 5.96 Å². The number of primary amides is 1. The van der Waals surface area contributed by atoms with Gasteiger partial charge in [0.25, 0.3) is 0 Å². The Balaban J connectivity index is 1.53. The van der Waals surface area contributed by atoms with Gasteiger partial charge in [-0.05, 0) is 42.9 Å². The molecule has 24 nitrogen and oxygen atoms in total. The zero-order chi connectivity index (χ0) is 55.0. The first kappa shape index (κ1) is 59.3. The van der Waals surface area contributed by atoms with Gasteiger partial charge >= 0.3 is 0 Å². The zero-order valence-corrected chi connectivity index (χ0v) is 44.1. The van der Waals surface area contributed by atoms with Crippen LogP contribution in [0.4, 0.5) is 0 Å². The Morgan fingerprint density at radius 1 is 0.776 bits per heavy atom. The first-order valence-corrected chi connectivity index (χ1v) is 27.5. The van der Waals surface area contributed by atoms with Crippen molar-refractivity contribution in [3.63, 3.8) is 0 Å². The molecule has 1 aliphatic heterocycles. The van der Waals surface area contributed by atoms with Crippen LogP contribution in [-0.4, -0.2) is 141 Å². The van der Waals surface area contributed by atoms with E-state index in [0.29, 0.717) is 29.7 Å². The molecule has 0 saturated carbocycles. The summed E-state index contributed by atoms with van der Waals surface area (Å²) in [5.41, 5.74) is 13.7. The largest absolute Gasteiger partial charge is 0.370 e. The van der Waals surface area contributed by atoms with Crippen LogP contribution in [-0.2, 0) is 62.4 Å². The lowest BCUT2D eigenvalue weighted by Crippen LogP contribution is -2.60. The summed E-state index contributed by atoms with van der Waals surface area (Å²) in [6, 6.07) is 7.38. The highest BCUT2D eigenvalue weighted by Crippen LogP contribution is 2.24. The molecule has 7 atom stereocenters. The number of para-hydroxylation sites is 1. The van der Waals surface area contributed by atoms with Crippen LogP contribution >= 0.6 is 21.6 Å². The molecule has 2 aromatic carbocycles. The van der Waals surface area contributed by atoms with Crippen LogP contribution < -0.4 is 59.3 Å². The van der Waals surface area contributed by atoms with Gasteiger partial charge in [-0.25, -0.2) is 4.98 Å². The fourth-order valence-electron chi connectivity index (χ4n) is 8.15. The summed E-state index contributed by atoms with van der Waals surface area (Å²) in [6.07, 6.45) is 6.12. The molecule has 0 aliphatic carbocycles. The summed E-state index contributed by atoms with van der Waals surface area (Å²) < 4.78 is 0. The van der Waals surface area contributed by atoms with E-state index < -0.39 is 95.5 Å². The predicted octanol–water partition coefficient (Wildman–Crippen LogP) is -0.437. The maximum atomic E-state index is 14.7. The third kappa shape index (κ3) is 19.6. The fraction of sp³-hybridized carbons (Fsp3) is 0.460. The van der Waals surface area contributed by atoms with Crippen molar-refractivity contribution >= 4 is 91.6 Å². The number of rotatable bonds is 17. The van der Waals surface area contributed by atoms with E-state index in [-0.39, 0.29) is 81.9 Å². The van der Waals surface area contributed by atoms with Crippen molar-refractivity contribution in [1.29, 1.82) is 5.41 Å². The molecule has 1 saturated heterocycles. The molecule has 2 aromatic heterocycles. The number of aromatic nitrogens is 3. The highest BCUT2D eigenvalue weighted by molar-refractivity contribution is 8.76. The summed E-state index contributed by atoms with van der Waals surface area (Å²) in [5, 5.41) is 33.1. The highest BCUT2D eigenvalue weighted by atomic mass is 33.1. The number of nitrogens with two attached hydrogens (primary N) is 2. The second-order valence-electron chi connectivity index (χ2n) is 18.2. The van der Waals surface area contributed by atoms with Gasteiger partial charge in [-0.15, -0.1) is 0 Å². The third-order valence-electron chi connectivity index (χ3n) is 12.2. The lowest BCUT2D eigenvalue weighted by molar-refractivity contribution is -0.135. The molecule has 0 unspecified atom stereocenters. The van der Waals surface area contributed by atoms with Gasteiger partial charge < -0.3 is 69.3 Å². The smallest absolute Gasteiger partial charge is 0.244 e. The zero-order valence-electron chi connectivity index (χ0n) is 42.5. The molecule has 0 bridgehead atoms. The third-order valence-corrected chi connectivity index (χ3v) is 14.6. The second-order valence-corrected chi connectivity index (χ2v) is 20.7. The molecule has 9 amide bonds. The van der Waals surface area contributed by atoms with Gasteiger partial charge in [-0.1, -0.05) is 89.9 Å². The van der Waals surface area contributed by atoms with E-state index in [1.165, 1.54) is 19.4 Å². The fourth-order valence-corrected chi connectivity index (χ4v) is 10.5. The molecule has 0 spiro atoms. The number of imidazole rings is 1. The van der Waals surface area contributed by atoms with Crippen molar-refractivity contribution in [1.82, 2.24) is 62.8 Å². The molecule has 5 rings (SSSR count). The number of carbonyl (C=O) groups excluding carboxylic acids is 9. The summed E-state index contributed by atoms with van der Waals surface area (Å²) in [6.45, 7) is 3.32. The van der Waals surface area contributed by atoms with Gasteiger partial charge in [-0.2, -0.15) is 0 Å². The molecular formula is C50H69N15O9S2. The first-order valence-electron chi connectivity index (χ1n) is 25.0. The van der Waals surface area contributed by atoms with E-state index in [0.717, 1.165) is 32.5 Å². The molecule has 16 N–H and O–H groups in total. The number of carbonyl (C=O) groups is 9. The summed E-state index contributed by atoms with van der Waals surface area (Å²) in [7, 11) is 2.16. The lowest BCUT2D eigenvalue weighted by atomic mass is 10.0. The molecule has 0 radical (unpaired) electrons. The van der Waals surface area contributed by atoms with Gasteiger partial charge in [0.2, 0.25) is 53.2 Å². The Labute approximate surface area is 447 Å². The van der Waals surface area contributed by atoms with E-state index >= 15 is 0 Å². The summed E-state index contributed by atoms with van der Waals surface area (Å²) in [5.74, 6) is -6.75. The molecule has 4 aromatic rings. The molecule has 1 fully saturated rings. The number of guanidine groups is 1. The number of nitrogens with zero attached hydrogens (tertiary/aromatic N) is 1. The minimum Gasteiger partial charge on any atom is -0.370 e. The number of nitrogens with one attached hydrogen (secondary N) is 12. The summed E-state index contributed by atoms with van der Waals surface area (Å²) >= 11 is 0. The van der Waals surface area contributed by atoms with Gasteiger partial charge in [0.1, 0.15) is 42.3 Å². The molecule has 76 heavy (non-hydrogen) atoms. The van der Waals surface area contributed by atoms with Crippen molar-refractivity contribution < 1.29 is 43.2 Å². The van der Waals surface area contributed by atoms with Crippen LogP contribution in [0.3, 0.4) is 0 Å². The maximum absolute atomic E-state index is 14.7. The number of hydrogen-bond donors (Lipinski definition) is 14. The van der Waals surface area contributed by atoms with E-state index in [1.54, 1.807) is 36.5 Å². The SMILES string of the molecule is CCCC[C@H](NC(C)=O)C(=O)N[C@H]1CSSC[C@@H](C(N)=O)NC(=O)CCCNC(=O)[C@@H](Cc2c[nH]c3ccccc23)NC(=O)[C@H](CCCNC(=N)N)NC(=O)[C@H](Cc2ccccc2)NC(=O)[C@H](Cc2c[nH]cn2)NC1=O. The van der Waals surface area contributed by atoms with E-state index in [9.17, 15) is 43.2 Å². The normalized spacial score (nSPS) is 21.4. The first-order chi connectivity index (χ1) is 36.5. The van der Waals surface area contributed by atoms with Crippen molar-refractivity contribution in [2.75, 3.05) is 24.6 Å². The number of unbranched alkanes of at least 4 members (excludes halogenated alkanes) is 1. The lowest BCUT2D eigenvalue weighted by Gasteiger charge is -2.28. The summed E-state index contributed by atoms with van der Waals surface area (Å²) in [4.78, 5) is 135. The average Bonchev–Trinajstić information content (AvgIpc) is 4.07. The van der Waals surface area contributed by atoms with E-state index in [2.05, 4.69) is 62.8 Å². The molecule has 3 heterocycles. The Morgan fingerprint density at radius 3 is 2.12 bits per heavy atom. The van der Waals surface area contributed by atoms with Crippen molar-refractivity contribution in [3.05, 3.63) is 90.1 Å². The number of hydrogen-bond acceptors (Lipinski definition) is 13. The number of aromatic amines is 2. The Kier molecular flexibility index (Phi) is 23.9. The van der Waals surface area contributed by atoms with E-state index in [1.807, 2.05) is 31.2 Å². The topological polar surface area (TPSA) is 382 Å². The standard InChI is InChI=1S/C50H69N15O9S2/c1-3-4-15-35(59-29(2)66)45(70)65-41-27-76-75-26-40(43(51)68)60-42(67)18-11-19-55-44(69)38(22-31-24-57-34-16-9-8-14-33(31)34)63-46(71)36(17-10-20-56-50(52)53)61-47(72)37(21-30-12-6-5-7-13-30)62-48(73)39(64-49(41)74)23-32-25-54-28-58-32/h5-9,12-14,16,24-25,28,35-41,57H,3-4,10-11,15,17-23,26-27H2,1-2H3,(H2,51,68)(H,54,58)(H,55,69)(H,59,66)(H,60,67)(H,61,72)(H,62,73)(H,63,71)(H,64,74)(H,65,70)(H4,52,53,56)/t35-,36-,37-,38+,39-,40-,41-/m0/s1. The molecule has 26 heteroatoms. The number of benzene rings is 2. The Hall–Kier alpha value is -7.61.